The molecule has 1 heterocycles. The number of amides is 1. The van der Waals surface area contributed by atoms with Gasteiger partial charge in [-0.25, -0.2) is 0 Å². The monoisotopic (exact) mass is 342 g/mol. The summed E-state index contributed by atoms with van der Waals surface area (Å²) >= 11 is 1.68. The summed E-state index contributed by atoms with van der Waals surface area (Å²) in [4.78, 5) is 16.0. The molecule has 1 aliphatic heterocycles. The van der Waals surface area contributed by atoms with E-state index in [1.54, 1.807) is 11.8 Å². The van der Waals surface area contributed by atoms with E-state index >= 15 is 0 Å². The van der Waals surface area contributed by atoms with Gasteiger partial charge < -0.3 is 10.6 Å². The number of likely N-dealkylation sites (tertiary alicyclic amines) is 1. The van der Waals surface area contributed by atoms with E-state index < -0.39 is 0 Å². The van der Waals surface area contributed by atoms with Crippen LogP contribution in [-0.2, 0) is 4.79 Å². The number of piperidine rings is 1. The van der Waals surface area contributed by atoms with Gasteiger partial charge in [0.2, 0.25) is 5.91 Å². The normalized spacial score (nSPS) is 20.9. The Kier molecular flexibility index (Phi) is 8.29. The molecule has 2 N–H and O–H groups in total. The molecule has 1 aromatic carbocycles. The predicted octanol–water partition coefficient (Wildman–Crippen LogP) is 3.56. The van der Waals surface area contributed by atoms with E-state index in [0.717, 1.165) is 32.4 Å². The number of benzene rings is 1. The van der Waals surface area contributed by atoms with E-state index in [4.69, 9.17) is 5.73 Å². The summed E-state index contributed by atoms with van der Waals surface area (Å²) in [7, 11) is 0. The van der Waals surface area contributed by atoms with Gasteiger partial charge in [-0.1, -0.05) is 25.1 Å². The number of halogens is 1. The smallest absolute Gasteiger partial charge is 0.236 e. The Morgan fingerprint density at radius 3 is 2.68 bits per heavy atom. The molecule has 3 unspecified atom stereocenters. The molecule has 3 nitrogen and oxygen atoms in total. The summed E-state index contributed by atoms with van der Waals surface area (Å²) < 4.78 is 0. The molecule has 0 saturated carbocycles. The number of hydrogen-bond acceptors (Lipinski definition) is 3. The quantitative estimate of drug-likeness (QED) is 0.832. The topological polar surface area (TPSA) is 46.3 Å². The fourth-order valence-corrected chi connectivity index (χ4v) is 3.87. The van der Waals surface area contributed by atoms with Crippen LogP contribution >= 0.6 is 24.2 Å². The average molecular weight is 343 g/mol. The fourth-order valence-electron chi connectivity index (χ4n) is 2.81. The highest BCUT2D eigenvalue weighted by Gasteiger charge is 2.29. The first-order valence-corrected chi connectivity index (χ1v) is 8.75. The number of hydrogen-bond donors (Lipinski definition) is 1. The largest absolute Gasteiger partial charge is 0.341 e. The Morgan fingerprint density at radius 1 is 1.41 bits per heavy atom. The first kappa shape index (κ1) is 19.3. The number of thioether (sulfide) groups is 1. The molecule has 0 spiro atoms. The Labute approximate surface area is 144 Å². The van der Waals surface area contributed by atoms with Gasteiger partial charge in [0.25, 0.3) is 0 Å². The van der Waals surface area contributed by atoms with Crippen LogP contribution < -0.4 is 5.73 Å². The van der Waals surface area contributed by atoms with Crippen LogP contribution in [0.25, 0.3) is 0 Å². The summed E-state index contributed by atoms with van der Waals surface area (Å²) in [5.74, 6) is 0.721. The number of carbonyl (C=O) groups is 1. The van der Waals surface area contributed by atoms with Crippen molar-refractivity contribution < 1.29 is 4.79 Å². The number of rotatable bonds is 5. The zero-order chi connectivity index (χ0) is 15.2. The lowest BCUT2D eigenvalue weighted by Crippen LogP contribution is -2.47. The van der Waals surface area contributed by atoms with Gasteiger partial charge in [-0.2, -0.15) is 0 Å². The summed E-state index contributed by atoms with van der Waals surface area (Å²) in [5, 5.41) is 0.0132. The molecule has 0 bridgehead atoms. The lowest BCUT2D eigenvalue weighted by atomic mass is 9.92. The van der Waals surface area contributed by atoms with Crippen LogP contribution in [-0.4, -0.2) is 35.2 Å². The predicted molar refractivity (Wildman–Crippen MR) is 96.6 cm³/mol. The SMILES string of the molecule is CCC(Sc1ccccc1)C(=O)N1CCCC(C(C)N)C1.Cl. The van der Waals surface area contributed by atoms with Crippen LogP contribution in [0, 0.1) is 5.92 Å². The lowest BCUT2D eigenvalue weighted by Gasteiger charge is -2.36. The van der Waals surface area contributed by atoms with E-state index in [-0.39, 0.29) is 29.6 Å². The third-order valence-electron chi connectivity index (χ3n) is 4.18. The summed E-state index contributed by atoms with van der Waals surface area (Å²) in [5.41, 5.74) is 6.02. The van der Waals surface area contributed by atoms with Gasteiger partial charge in [0.15, 0.2) is 0 Å². The Balaban J connectivity index is 0.00000242. The zero-order valence-electron chi connectivity index (χ0n) is 13.4. The van der Waals surface area contributed by atoms with Gasteiger partial charge in [-0.05, 0) is 44.2 Å². The Bertz CT molecular complexity index is 455. The van der Waals surface area contributed by atoms with Crippen LogP contribution in [0.1, 0.15) is 33.1 Å². The molecule has 1 amide bonds. The molecule has 0 aliphatic carbocycles. The van der Waals surface area contributed by atoms with Crippen molar-refractivity contribution in [1.82, 2.24) is 4.90 Å². The van der Waals surface area contributed by atoms with Crippen molar-refractivity contribution in [1.29, 1.82) is 0 Å². The molecule has 3 atom stereocenters. The molecular weight excluding hydrogens is 316 g/mol. The zero-order valence-corrected chi connectivity index (χ0v) is 15.0. The molecule has 1 fully saturated rings. The second-order valence-corrected chi connectivity index (χ2v) is 7.15. The molecular formula is C17H27ClN2OS. The minimum Gasteiger partial charge on any atom is -0.341 e. The van der Waals surface area contributed by atoms with Crippen molar-refractivity contribution >= 4 is 30.1 Å². The standard InChI is InChI=1S/C17H26N2OS.ClH/c1-3-16(21-15-9-5-4-6-10-15)17(20)19-11-7-8-14(12-19)13(2)18;/h4-6,9-10,13-14,16H,3,7-8,11-12,18H2,1-2H3;1H. The van der Waals surface area contributed by atoms with Crippen molar-refractivity contribution in [3.05, 3.63) is 30.3 Å². The molecule has 1 saturated heterocycles. The van der Waals surface area contributed by atoms with Crippen molar-refractivity contribution in [3.8, 4) is 0 Å². The molecule has 1 aromatic rings. The van der Waals surface area contributed by atoms with E-state index in [2.05, 4.69) is 26.0 Å². The molecule has 22 heavy (non-hydrogen) atoms. The minimum atomic E-state index is 0. The van der Waals surface area contributed by atoms with Crippen LogP contribution in [0.15, 0.2) is 35.2 Å². The van der Waals surface area contributed by atoms with Gasteiger partial charge in [-0.15, -0.1) is 24.2 Å². The van der Waals surface area contributed by atoms with E-state index in [1.807, 2.05) is 23.1 Å². The van der Waals surface area contributed by atoms with Crippen LogP contribution in [0.5, 0.6) is 0 Å². The molecule has 2 rings (SSSR count). The van der Waals surface area contributed by atoms with Crippen LogP contribution in [0.4, 0.5) is 0 Å². The summed E-state index contributed by atoms with van der Waals surface area (Å²) in [6, 6.07) is 10.4. The highest BCUT2D eigenvalue weighted by molar-refractivity contribution is 8.00. The molecule has 0 radical (unpaired) electrons. The lowest BCUT2D eigenvalue weighted by molar-refractivity contribution is -0.132. The highest BCUT2D eigenvalue weighted by Crippen LogP contribution is 2.28. The number of nitrogens with zero attached hydrogens (tertiary/aromatic N) is 1. The Morgan fingerprint density at radius 2 is 2.09 bits per heavy atom. The maximum Gasteiger partial charge on any atom is 0.236 e. The van der Waals surface area contributed by atoms with Crippen molar-refractivity contribution in [2.24, 2.45) is 11.7 Å². The van der Waals surface area contributed by atoms with Crippen LogP contribution in [0.3, 0.4) is 0 Å². The van der Waals surface area contributed by atoms with E-state index in [9.17, 15) is 4.79 Å². The van der Waals surface area contributed by atoms with Crippen molar-refractivity contribution in [3.63, 3.8) is 0 Å². The van der Waals surface area contributed by atoms with Crippen LogP contribution in [0.2, 0.25) is 0 Å². The maximum absolute atomic E-state index is 12.8. The first-order valence-electron chi connectivity index (χ1n) is 7.88. The summed E-state index contributed by atoms with van der Waals surface area (Å²) in [6.45, 7) is 5.84. The van der Waals surface area contributed by atoms with Crippen molar-refractivity contribution in [2.45, 2.75) is 49.3 Å². The van der Waals surface area contributed by atoms with E-state index in [1.165, 1.54) is 4.90 Å². The molecule has 5 heteroatoms. The highest BCUT2D eigenvalue weighted by atomic mass is 35.5. The third kappa shape index (κ3) is 5.18. The second kappa shape index (κ2) is 9.43. The van der Waals surface area contributed by atoms with E-state index in [0.29, 0.717) is 5.92 Å². The number of nitrogens with two attached hydrogens (primary N) is 1. The molecule has 0 aromatic heterocycles. The second-order valence-electron chi connectivity index (χ2n) is 5.87. The van der Waals surface area contributed by atoms with Gasteiger partial charge >= 0.3 is 0 Å². The fraction of sp³-hybridized carbons (Fsp3) is 0.588. The molecule has 124 valence electrons. The first-order chi connectivity index (χ1) is 10.1. The molecule has 1 aliphatic rings. The van der Waals surface area contributed by atoms with Gasteiger partial charge in [0.1, 0.15) is 0 Å². The third-order valence-corrected chi connectivity index (χ3v) is 5.54. The summed E-state index contributed by atoms with van der Waals surface area (Å²) in [6.07, 6.45) is 3.08. The Hall–Kier alpha value is -0.710. The van der Waals surface area contributed by atoms with Gasteiger partial charge in [0, 0.05) is 24.0 Å². The average Bonchev–Trinajstić information content (AvgIpc) is 2.53. The maximum atomic E-state index is 12.8. The van der Waals surface area contributed by atoms with Crippen molar-refractivity contribution in [2.75, 3.05) is 13.1 Å². The number of carbonyl (C=O) groups excluding carboxylic acids is 1. The van der Waals surface area contributed by atoms with Gasteiger partial charge in [0.05, 0.1) is 5.25 Å². The van der Waals surface area contributed by atoms with Gasteiger partial charge in [-0.3, -0.25) is 4.79 Å². The minimum absolute atomic E-state index is 0.